The largest absolute Gasteiger partial charge is 0.467 e. The fourth-order valence-electron chi connectivity index (χ4n) is 2.20. The van der Waals surface area contributed by atoms with Crippen LogP contribution in [0.1, 0.15) is 32.6 Å². The molecule has 0 atom stereocenters. The highest BCUT2D eigenvalue weighted by atomic mass is 16.5. The number of anilines is 1. The summed E-state index contributed by atoms with van der Waals surface area (Å²) in [4.78, 5) is 12.3. The maximum absolute atomic E-state index is 5.01. The zero-order valence-corrected chi connectivity index (χ0v) is 11.2. The minimum Gasteiger partial charge on any atom is -0.467 e. The average molecular weight is 252 g/mol. The van der Waals surface area contributed by atoms with Crippen molar-refractivity contribution in [3.63, 3.8) is 0 Å². The number of nitrogens with zero attached hydrogens (tertiary/aromatic N) is 3. The van der Waals surface area contributed by atoms with Crippen LogP contribution in [0.2, 0.25) is 0 Å². The van der Waals surface area contributed by atoms with Gasteiger partial charge in [0, 0.05) is 6.54 Å². The van der Waals surface area contributed by atoms with Gasteiger partial charge in [0.1, 0.15) is 0 Å². The standard InChI is InChI=1S/C12H20N4O2/c1-4-12(6-5-7-12)8-13-9-14-10(17-2)16-11(15-9)18-3/h4-8H2,1-3H3,(H,13,14,15,16). The highest BCUT2D eigenvalue weighted by Gasteiger charge is 2.34. The molecule has 2 rings (SSSR count). The lowest BCUT2D eigenvalue weighted by atomic mass is 9.67. The molecule has 0 aromatic carbocycles. The van der Waals surface area contributed by atoms with E-state index in [1.807, 2.05) is 0 Å². The van der Waals surface area contributed by atoms with Crippen molar-refractivity contribution in [2.75, 3.05) is 26.1 Å². The number of rotatable bonds is 6. The van der Waals surface area contributed by atoms with Gasteiger partial charge in [0.05, 0.1) is 14.2 Å². The first kappa shape index (κ1) is 12.9. The molecule has 1 aromatic heterocycles. The molecule has 0 unspecified atom stereocenters. The topological polar surface area (TPSA) is 69.2 Å². The zero-order chi connectivity index (χ0) is 13.0. The Bertz CT molecular complexity index is 379. The highest BCUT2D eigenvalue weighted by molar-refractivity contribution is 5.28. The molecule has 6 heteroatoms. The van der Waals surface area contributed by atoms with Gasteiger partial charge in [-0.05, 0) is 24.7 Å². The van der Waals surface area contributed by atoms with Crippen LogP contribution in [0, 0.1) is 5.41 Å². The van der Waals surface area contributed by atoms with Crippen molar-refractivity contribution < 1.29 is 9.47 Å². The van der Waals surface area contributed by atoms with Crippen LogP contribution < -0.4 is 14.8 Å². The third-order valence-electron chi connectivity index (χ3n) is 3.75. The second kappa shape index (κ2) is 5.37. The molecule has 0 aliphatic heterocycles. The highest BCUT2D eigenvalue weighted by Crippen LogP contribution is 2.43. The lowest BCUT2D eigenvalue weighted by Gasteiger charge is -2.41. The van der Waals surface area contributed by atoms with Crippen LogP contribution in [0.25, 0.3) is 0 Å². The van der Waals surface area contributed by atoms with Gasteiger partial charge in [-0.25, -0.2) is 0 Å². The Balaban J connectivity index is 2.04. The summed E-state index contributed by atoms with van der Waals surface area (Å²) in [6.45, 7) is 3.12. The fourth-order valence-corrected chi connectivity index (χ4v) is 2.20. The van der Waals surface area contributed by atoms with Gasteiger partial charge >= 0.3 is 12.0 Å². The third kappa shape index (κ3) is 2.63. The smallest absolute Gasteiger partial charge is 0.324 e. The lowest BCUT2D eigenvalue weighted by Crippen LogP contribution is -2.36. The molecule has 1 fully saturated rings. The summed E-state index contributed by atoms with van der Waals surface area (Å²) in [5, 5.41) is 3.27. The van der Waals surface area contributed by atoms with E-state index in [4.69, 9.17) is 9.47 Å². The number of nitrogens with one attached hydrogen (secondary N) is 1. The van der Waals surface area contributed by atoms with Crippen LogP contribution in [-0.2, 0) is 0 Å². The molecule has 0 amide bonds. The quantitative estimate of drug-likeness (QED) is 0.833. The van der Waals surface area contributed by atoms with Crippen LogP contribution in [0.15, 0.2) is 0 Å². The van der Waals surface area contributed by atoms with E-state index in [2.05, 4.69) is 27.2 Å². The molecule has 1 aliphatic carbocycles. The van der Waals surface area contributed by atoms with Crippen LogP contribution in [0.4, 0.5) is 5.95 Å². The van der Waals surface area contributed by atoms with Gasteiger partial charge < -0.3 is 14.8 Å². The number of hydrogen-bond acceptors (Lipinski definition) is 6. The van der Waals surface area contributed by atoms with Crippen molar-refractivity contribution in [1.82, 2.24) is 15.0 Å². The molecule has 1 aliphatic rings. The Morgan fingerprint density at radius 3 is 2.11 bits per heavy atom. The maximum Gasteiger partial charge on any atom is 0.324 e. The van der Waals surface area contributed by atoms with Crippen LogP contribution >= 0.6 is 0 Å². The summed E-state index contributed by atoms with van der Waals surface area (Å²) >= 11 is 0. The average Bonchev–Trinajstić information content (AvgIpc) is 2.37. The fraction of sp³-hybridized carbons (Fsp3) is 0.750. The molecule has 1 N–H and O–H groups in total. The zero-order valence-electron chi connectivity index (χ0n) is 11.2. The first-order valence-electron chi connectivity index (χ1n) is 6.29. The Labute approximate surface area is 107 Å². The molecule has 0 bridgehead atoms. The predicted molar refractivity (Wildman–Crippen MR) is 68.0 cm³/mol. The van der Waals surface area contributed by atoms with Crippen molar-refractivity contribution >= 4 is 5.95 Å². The van der Waals surface area contributed by atoms with Gasteiger partial charge in [0.25, 0.3) is 0 Å². The third-order valence-corrected chi connectivity index (χ3v) is 3.75. The second-order valence-corrected chi connectivity index (χ2v) is 4.69. The normalized spacial score (nSPS) is 16.8. The van der Waals surface area contributed by atoms with Crippen LogP contribution in [0.5, 0.6) is 12.0 Å². The van der Waals surface area contributed by atoms with Crippen LogP contribution in [0.3, 0.4) is 0 Å². The van der Waals surface area contributed by atoms with Gasteiger partial charge in [-0.2, -0.15) is 9.97 Å². The molecular weight excluding hydrogens is 232 g/mol. The Kier molecular flexibility index (Phi) is 3.84. The summed E-state index contributed by atoms with van der Waals surface area (Å²) in [7, 11) is 3.05. The van der Waals surface area contributed by atoms with E-state index in [1.165, 1.54) is 39.9 Å². The molecule has 0 saturated heterocycles. The maximum atomic E-state index is 5.01. The molecule has 0 spiro atoms. The summed E-state index contributed by atoms with van der Waals surface area (Å²) in [6.07, 6.45) is 5.05. The molecule has 6 nitrogen and oxygen atoms in total. The predicted octanol–water partition coefficient (Wildman–Crippen LogP) is 1.88. The van der Waals surface area contributed by atoms with Crippen molar-refractivity contribution in [3.05, 3.63) is 0 Å². The van der Waals surface area contributed by atoms with Gasteiger partial charge in [-0.3, -0.25) is 0 Å². The number of methoxy groups -OCH3 is 2. The van der Waals surface area contributed by atoms with E-state index in [0.29, 0.717) is 11.4 Å². The van der Waals surface area contributed by atoms with E-state index >= 15 is 0 Å². The van der Waals surface area contributed by atoms with Gasteiger partial charge in [-0.15, -0.1) is 4.98 Å². The summed E-state index contributed by atoms with van der Waals surface area (Å²) in [5.41, 5.74) is 0.410. The summed E-state index contributed by atoms with van der Waals surface area (Å²) < 4.78 is 10.0. The van der Waals surface area contributed by atoms with E-state index in [1.54, 1.807) is 0 Å². The van der Waals surface area contributed by atoms with Crippen molar-refractivity contribution in [2.45, 2.75) is 32.6 Å². The van der Waals surface area contributed by atoms with Crippen molar-refractivity contribution in [2.24, 2.45) is 5.41 Å². The Morgan fingerprint density at radius 1 is 1.11 bits per heavy atom. The molecule has 1 aromatic rings. The summed E-state index contributed by atoms with van der Waals surface area (Å²) in [6, 6.07) is 0.534. The van der Waals surface area contributed by atoms with Crippen molar-refractivity contribution in [3.8, 4) is 12.0 Å². The lowest BCUT2D eigenvalue weighted by molar-refractivity contribution is 0.144. The van der Waals surface area contributed by atoms with Crippen LogP contribution in [-0.4, -0.2) is 35.7 Å². The number of ether oxygens (including phenoxy) is 2. The molecule has 18 heavy (non-hydrogen) atoms. The minimum absolute atomic E-state index is 0.267. The first-order chi connectivity index (χ1) is 8.71. The Hall–Kier alpha value is -1.59. The minimum atomic E-state index is 0.267. The first-order valence-corrected chi connectivity index (χ1v) is 6.29. The second-order valence-electron chi connectivity index (χ2n) is 4.69. The van der Waals surface area contributed by atoms with Crippen molar-refractivity contribution in [1.29, 1.82) is 0 Å². The Morgan fingerprint density at radius 2 is 1.72 bits per heavy atom. The molecule has 100 valence electrons. The van der Waals surface area contributed by atoms with E-state index in [-0.39, 0.29) is 12.0 Å². The van der Waals surface area contributed by atoms with Gasteiger partial charge in [-0.1, -0.05) is 13.3 Å². The van der Waals surface area contributed by atoms with Gasteiger partial charge in [0.15, 0.2) is 0 Å². The van der Waals surface area contributed by atoms with E-state index < -0.39 is 0 Å². The molecule has 0 radical (unpaired) electrons. The molecular formula is C12H20N4O2. The molecule has 1 heterocycles. The molecule has 1 saturated carbocycles. The monoisotopic (exact) mass is 252 g/mol. The SMILES string of the molecule is CCC1(CNc2nc(OC)nc(OC)n2)CCC1. The van der Waals surface area contributed by atoms with Gasteiger partial charge in [0.2, 0.25) is 5.95 Å². The number of aromatic nitrogens is 3. The van der Waals surface area contributed by atoms with E-state index in [9.17, 15) is 0 Å². The van der Waals surface area contributed by atoms with E-state index in [0.717, 1.165) is 6.54 Å². The summed E-state index contributed by atoms with van der Waals surface area (Å²) in [5.74, 6) is 0.512. The number of hydrogen-bond donors (Lipinski definition) is 1.